The van der Waals surface area contributed by atoms with Gasteiger partial charge in [-0.2, -0.15) is 5.10 Å². The normalized spacial score (nSPS) is 11.6. The van der Waals surface area contributed by atoms with E-state index in [9.17, 15) is 4.79 Å². The quantitative estimate of drug-likeness (QED) is 0.862. The van der Waals surface area contributed by atoms with Crippen molar-refractivity contribution in [3.8, 4) is 5.69 Å². The van der Waals surface area contributed by atoms with E-state index in [1.54, 1.807) is 16.8 Å². The molecule has 0 amide bonds. The average Bonchev–Trinajstić information content (AvgIpc) is 2.87. The third kappa shape index (κ3) is 3.54. The molecule has 5 heteroatoms. The number of ketones is 1. The highest BCUT2D eigenvalue weighted by atomic mass is 16.5. The van der Waals surface area contributed by atoms with Gasteiger partial charge in [-0.3, -0.25) is 4.79 Å². The monoisotopic (exact) mass is 301 g/mol. The lowest BCUT2D eigenvalue weighted by molar-refractivity contribution is 0.0783. The van der Waals surface area contributed by atoms with Crippen LogP contribution < -0.4 is 5.73 Å². The molecule has 2 aromatic rings. The number of aromatic nitrogens is 2. The number of Topliss-reactive ketones (excluding diaryl/α,β-unsaturated/α-hetero) is 1. The summed E-state index contributed by atoms with van der Waals surface area (Å²) < 4.78 is 6.84. The third-order valence-corrected chi connectivity index (χ3v) is 3.36. The van der Waals surface area contributed by atoms with Crippen molar-refractivity contribution in [3.63, 3.8) is 0 Å². The predicted octanol–water partition coefficient (Wildman–Crippen LogP) is 2.97. The Kier molecular flexibility index (Phi) is 4.66. The zero-order valence-electron chi connectivity index (χ0n) is 13.6. The van der Waals surface area contributed by atoms with E-state index in [0.29, 0.717) is 18.0 Å². The Morgan fingerprint density at radius 2 is 2.05 bits per heavy atom. The molecule has 0 aliphatic carbocycles. The molecule has 0 aliphatic heterocycles. The number of anilines is 1. The number of hydrogen-bond acceptors (Lipinski definition) is 4. The first-order valence-corrected chi connectivity index (χ1v) is 7.40. The van der Waals surface area contributed by atoms with E-state index < -0.39 is 0 Å². The van der Waals surface area contributed by atoms with Crippen molar-refractivity contribution in [1.29, 1.82) is 0 Å². The summed E-state index contributed by atoms with van der Waals surface area (Å²) >= 11 is 0. The molecule has 1 aromatic carbocycles. The van der Waals surface area contributed by atoms with Crippen molar-refractivity contribution in [3.05, 3.63) is 41.6 Å². The summed E-state index contributed by atoms with van der Waals surface area (Å²) in [5.74, 6) is 0.504. The molecule has 0 fully saturated rings. The van der Waals surface area contributed by atoms with Crippen LogP contribution in [0, 0.1) is 0 Å². The van der Waals surface area contributed by atoms with E-state index in [1.807, 2.05) is 25.1 Å². The van der Waals surface area contributed by atoms with Crippen LogP contribution in [0.25, 0.3) is 5.69 Å². The first-order valence-electron chi connectivity index (χ1n) is 7.40. The molecule has 2 rings (SSSR count). The molecule has 1 aromatic heterocycles. The molecule has 0 radical (unpaired) electrons. The Labute approximate surface area is 131 Å². The second-order valence-electron chi connectivity index (χ2n) is 6.23. The molecule has 0 saturated carbocycles. The zero-order chi connectivity index (χ0) is 16.3. The van der Waals surface area contributed by atoms with Gasteiger partial charge in [0.05, 0.1) is 11.4 Å². The fraction of sp³-hybridized carbons (Fsp3) is 0.412. The first kappa shape index (κ1) is 16.2. The number of carbonyl (C=O) groups is 1. The smallest absolute Gasteiger partial charge is 0.188 e. The summed E-state index contributed by atoms with van der Waals surface area (Å²) in [6.45, 7) is 8.72. The fourth-order valence-corrected chi connectivity index (χ4v) is 2.06. The maximum absolute atomic E-state index is 12.1. The molecule has 0 saturated heterocycles. The first-order chi connectivity index (χ1) is 10.3. The van der Waals surface area contributed by atoms with E-state index in [0.717, 1.165) is 11.4 Å². The van der Waals surface area contributed by atoms with Gasteiger partial charge in [-0.15, -0.1) is 0 Å². The van der Waals surface area contributed by atoms with Crippen LogP contribution >= 0.6 is 0 Å². The summed E-state index contributed by atoms with van der Waals surface area (Å²) in [6, 6.07) is 9.14. The molecule has 0 aliphatic rings. The van der Waals surface area contributed by atoms with Crippen LogP contribution in [-0.2, 0) is 10.2 Å². The number of rotatable bonds is 5. The van der Waals surface area contributed by atoms with Crippen LogP contribution in [0.2, 0.25) is 0 Å². The molecule has 22 heavy (non-hydrogen) atoms. The minimum atomic E-state index is -0.0816. The summed E-state index contributed by atoms with van der Waals surface area (Å²) in [5.41, 5.74) is 8.27. The lowest BCUT2D eigenvalue weighted by Gasteiger charge is -2.14. The molecular formula is C17H23N3O2. The molecule has 0 spiro atoms. The number of nitrogens with zero attached hydrogens (tertiary/aromatic N) is 2. The number of nitrogen functional groups attached to an aromatic ring is 1. The fourth-order valence-electron chi connectivity index (χ4n) is 2.06. The number of nitrogens with two attached hydrogens (primary N) is 1. The second-order valence-corrected chi connectivity index (χ2v) is 6.23. The molecular weight excluding hydrogens is 278 g/mol. The number of hydrogen-bond donors (Lipinski definition) is 1. The van der Waals surface area contributed by atoms with Gasteiger partial charge in [0.15, 0.2) is 5.78 Å². The minimum absolute atomic E-state index is 0.0505. The number of ether oxygens (including phenoxy) is 1. The van der Waals surface area contributed by atoms with Gasteiger partial charge in [-0.05, 0) is 19.1 Å². The van der Waals surface area contributed by atoms with Gasteiger partial charge in [-0.25, -0.2) is 4.68 Å². The van der Waals surface area contributed by atoms with Gasteiger partial charge in [-0.1, -0.05) is 32.9 Å². The Morgan fingerprint density at radius 3 is 2.64 bits per heavy atom. The predicted molar refractivity (Wildman–Crippen MR) is 87.5 cm³/mol. The lowest BCUT2D eigenvalue weighted by Crippen LogP contribution is -2.13. The van der Waals surface area contributed by atoms with Gasteiger partial charge in [0.2, 0.25) is 0 Å². The van der Waals surface area contributed by atoms with Crippen molar-refractivity contribution in [2.75, 3.05) is 18.9 Å². The minimum Gasteiger partial charge on any atom is -0.384 e. The highest BCUT2D eigenvalue weighted by Gasteiger charge is 2.19. The van der Waals surface area contributed by atoms with Gasteiger partial charge in [0.25, 0.3) is 0 Å². The van der Waals surface area contributed by atoms with Crippen molar-refractivity contribution < 1.29 is 9.53 Å². The average molecular weight is 301 g/mol. The maximum atomic E-state index is 12.1. The van der Waals surface area contributed by atoms with Crippen LogP contribution in [0.1, 0.15) is 43.7 Å². The number of carbonyl (C=O) groups excluding carboxylic acids is 1. The SMILES string of the molecule is CCOCC(=O)c1cccc(-n2nc(C(C)(C)C)cc2N)c1. The highest BCUT2D eigenvalue weighted by Crippen LogP contribution is 2.25. The van der Waals surface area contributed by atoms with Crippen LogP contribution in [0.5, 0.6) is 0 Å². The second kappa shape index (κ2) is 6.32. The standard InChI is InChI=1S/C17H23N3O2/c1-5-22-11-14(21)12-7-6-8-13(9-12)20-16(18)10-15(19-20)17(2,3)4/h6-10H,5,11,18H2,1-4H3. The molecule has 118 valence electrons. The maximum Gasteiger partial charge on any atom is 0.188 e. The molecule has 0 bridgehead atoms. The van der Waals surface area contributed by atoms with Crippen LogP contribution in [-0.4, -0.2) is 28.8 Å². The van der Waals surface area contributed by atoms with E-state index in [4.69, 9.17) is 10.5 Å². The molecule has 2 N–H and O–H groups in total. The van der Waals surface area contributed by atoms with Gasteiger partial charge in [0.1, 0.15) is 12.4 Å². The van der Waals surface area contributed by atoms with Gasteiger partial charge in [0, 0.05) is 23.7 Å². The summed E-state index contributed by atoms with van der Waals surface area (Å²) in [4.78, 5) is 12.1. The van der Waals surface area contributed by atoms with E-state index in [1.165, 1.54) is 0 Å². The summed E-state index contributed by atoms with van der Waals surface area (Å²) in [5, 5.41) is 4.56. The summed E-state index contributed by atoms with van der Waals surface area (Å²) in [6.07, 6.45) is 0. The highest BCUT2D eigenvalue weighted by molar-refractivity contribution is 5.97. The summed E-state index contributed by atoms with van der Waals surface area (Å²) in [7, 11) is 0. The molecule has 0 atom stereocenters. The van der Waals surface area contributed by atoms with Crippen LogP contribution in [0.3, 0.4) is 0 Å². The van der Waals surface area contributed by atoms with Gasteiger partial charge < -0.3 is 10.5 Å². The van der Waals surface area contributed by atoms with E-state index >= 15 is 0 Å². The lowest BCUT2D eigenvalue weighted by atomic mass is 9.92. The Hall–Kier alpha value is -2.14. The Bertz CT molecular complexity index is 669. The third-order valence-electron chi connectivity index (χ3n) is 3.36. The van der Waals surface area contributed by atoms with Crippen LogP contribution in [0.4, 0.5) is 5.82 Å². The topological polar surface area (TPSA) is 70.1 Å². The zero-order valence-corrected chi connectivity index (χ0v) is 13.6. The van der Waals surface area contributed by atoms with E-state index in [2.05, 4.69) is 25.9 Å². The largest absolute Gasteiger partial charge is 0.384 e. The Morgan fingerprint density at radius 1 is 1.32 bits per heavy atom. The van der Waals surface area contributed by atoms with Gasteiger partial charge >= 0.3 is 0 Å². The van der Waals surface area contributed by atoms with E-state index in [-0.39, 0.29) is 17.8 Å². The van der Waals surface area contributed by atoms with Crippen molar-refractivity contribution in [2.24, 2.45) is 0 Å². The number of benzene rings is 1. The van der Waals surface area contributed by atoms with Crippen molar-refractivity contribution >= 4 is 11.6 Å². The Balaban J connectivity index is 2.34. The van der Waals surface area contributed by atoms with Crippen molar-refractivity contribution in [1.82, 2.24) is 9.78 Å². The molecule has 1 heterocycles. The van der Waals surface area contributed by atoms with Crippen LogP contribution in [0.15, 0.2) is 30.3 Å². The molecule has 0 unspecified atom stereocenters. The van der Waals surface area contributed by atoms with Crippen molar-refractivity contribution in [2.45, 2.75) is 33.1 Å². The molecule has 5 nitrogen and oxygen atoms in total.